The number of sulfone groups is 1. The van der Waals surface area contributed by atoms with Gasteiger partial charge in [0.2, 0.25) is 0 Å². The molecular formula is C13H19Cl2NO2S. The number of halogens is 2. The van der Waals surface area contributed by atoms with Gasteiger partial charge in [-0.05, 0) is 37.6 Å². The first-order valence-electron chi connectivity index (χ1n) is 6.22. The zero-order chi connectivity index (χ0) is 14.5. The molecule has 0 amide bonds. The van der Waals surface area contributed by atoms with Crippen LogP contribution in [0.1, 0.15) is 19.4 Å². The van der Waals surface area contributed by atoms with Gasteiger partial charge in [0.05, 0.1) is 5.75 Å². The summed E-state index contributed by atoms with van der Waals surface area (Å²) >= 11 is 11.9. The largest absolute Gasteiger partial charge is 0.313 e. The molecule has 0 aliphatic heterocycles. The Labute approximate surface area is 125 Å². The molecule has 1 N–H and O–H groups in total. The maximum absolute atomic E-state index is 11.5. The first kappa shape index (κ1) is 16.8. The molecule has 1 atom stereocenters. The maximum Gasteiger partial charge on any atom is 0.151 e. The van der Waals surface area contributed by atoms with E-state index in [1.807, 2.05) is 13.0 Å². The smallest absolute Gasteiger partial charge is 0.151 e. The molecule has 6 heteroatoms. The summed E-state index contributed by atoms with van der Waals surface area (Å²) in [7, 11) is -2.93. The van der Waals surface area contributed by atoms with E-state index >= 15 is 0 Å². The minimum absolute atomic E-state index is 0.0592. The normalized spacial score (nSPS) is 13.5. The van der Waals surface area contributed by atoms with E-state index in [2.05, 4.69) is 5.32 Å². The quantitative estimate of drug-likeness (QED) is 0.839. The maximum atomic E-state index is 11.5. The lowest BCUT2D eigenvalue weighted by atomic mass is 10.1. The van der Waals surface area contributed by atoms with E-state index in [4.69, 9.17) is 23.2 Å². The molecule has 3 nitrogen and oxygen atoms in total. The number of hydrogen-bond acceptors (Lipinski definition) is 3. The lowest BCUT2D eigenvalue weighted by Crippen LogP contribution is -2.34. The van der Waals surface area contributed by atoms with Gasteiger partial charge in [-0.25, -0.2) is 8.42 Å². The highest BCUT2D eigenvalue weighted by Crippen LogP contribution is 2.21. The van der Waals surface area contributed by atoms with E-state index in [0.29, 0.717) is 16.6 Å². The van der Waals surface area contributed by atoms with Crippen LogP contribution in [-0.2, 0) is 16.3 Å². The third-order valence-corrected chi connectivity index (χ3v) is 5.32. The van der Waals surface area contributed by atoms with E-state index in [1.54, 1.807) is 19.1 Å². The Kier molecular flexibility index (Phi) is 6.60. The highest BCUT2D eigenvalue weighted by Gasteiger charge is 2.13. The molecule has 1 rings (SSSR count). The van der Waals surface area contributed by atoms with Crippen molar-refractivity contribution in [2.75, 3.05) is 18.1 Å². The second-order valence-electron chi connectivity index (χ2n) is 4.54. The molecule has 0 saturated heterocycles. The van der Waals surface area contributed by atoms with Crippen molar-refractivity contribution in [3.05, 3.63) is 33.8 Å². The summed E-state index contributed by atoms with van der Waals surface area (Å²) < 4.78 is 22.9. The van der Waals surface area contributed by atoms with Gasteiger partial charge in [-0.2, -0.15) is 0 Å². The average Bonchev–Trinajstić information content (AvgIpc) is 2.31. The van der Waals surface area contributed by atoms with Crippen molar-refractivity contribution in [2.24, 2.45) is 0 Å². The van der Waals surface area contributed by atoms with Gasteiger partial charge in [0.15, 0.2) is 9.84 Å². The van der Waals surface area contributed by atoms with Crippen molar-refractivity contribution in [3.8, 4) is 0 Å². The van der Waals surface area contributed by atoms with Crippen LogP contribution in [0.2, 0.25) is 10.0 Å². The first-order chi connectivity index (χ1) is 8.84. The summed E-state index contributed by atoms with van der Waals surface area (Å²) in [6.07, 6.45) is 0.743. The zero-order valence-corrected chi connectivity index (χ0v) is 13.4. The van der Waals surface area contributed by atoms with Crippen molar-refractivity contribution in [3.63, 3.8) is 0 Å². The minimum Gasteiger partial charge on any atom is -0.313 e. The van der Waals surface area contributed by atoms with Crippen molar-refractivity contribution < 1.29 is 8.42 Å². The lowest BCUT2D eigenvalue weighted by Gasteiger charge is -2.14. The van der Waals surface area contributed by atoms with Gasteiger partial charge in [0.25, 0.3) is 0 Å². The third kappa shape index (κ3) is 6.13. The van der Waals surface area contributed by atoms with E-state index in [0.717, 1.165) is 12.0 Å². The molecule has 0 aromatic heterocycles. The van der Waals surface area contributed by atoms with Crippen LogP contribution >= 0.6 is 23.2 Å². The molecule has 108 valence electrons. The van der Waals surface area contributed by atoms with Gasteiger partial charge >= 0.3 is 0 Å². The molecule has 0 spiro atoms. The van der Waals surface area contributed by atoms with Crippen molar-refractivity contribution in [2.45, 2.75) is 26.3 Å². The van der Waals surface area contributed by atoms with Crippen molar-refractivity contribution >= 4 is 33.0 Å². The van der Waals surface area contributed by atoms with E-state index in [1.165, 1.54) is 0 Å². The molecule has 0 radical (unpaired) electrons. The number of hydrogen-bond donors (Lipinski definition) is 1. The van der Waals surface area contributed by atoms with Crippen LogP contribution in [0.15, 0.2) is 18.2 Å². The Bertz CT molecular complexity index is 517. The predicted octanol–water partition coefficient (Wildman–Crippen LogP) is 2.95. The Balaban J connectivity index is 2.42. The molecule has 1 aromatic carbocycles. The Morgan fingerprint density at radius 1 is 1.32 bits per heavy atom. The summed E-state index contributed by atoms with van der Waals surface area (Å²) in [4.78, 5) is 0. The standard InChI is InChI=1S/C13H19Cl2NO2S/c1-3-19(17,18)9-10(2)16-7-6-11-4-5-12(14)8-13(11)15/h4-5,8,10,16H,3,6-7,9H2,1-2H3. The predicted molar refractivity (Wildman–Crippen MR) is 82.0 cm³/mol. The van der Waals surface area contributed by atoms with Crippen LogP contribution in [0, 0.1) is 0 Å². The summed E-state index contributed by atoms with van der Waals surface area (Å²) in [5.74, 6) is 0.347. The molecule has 0 heterocycles. The number of nitrogens with one attached hydrogen (secondary N) is 1. The fourth-order valence-corrected chi connectivity index (χ4v) is 3.35. The molecule has 0 fully saturated rings. The molecule has 1 unspecified atom stereocenters. The fourth-order valence-electron chi connectivity index (χ4n) is 1.74. The molecule has 0 saturated carbocycles. The van der Waals surface area contributed by atoms with Gasteiger partial charge < -0.3 is 5.32 Å². The van der Waals surface area contributed by atoms with Crippen molar-refractivity contribution in [1.29, 1.82) is 0 Å². The molecule has 1 aromatic rings. The molecular weight excluding hydrogens is 305 g/mol. The highest BCUT2D eigenvalue weighted by atomic mass is 35.5. The van der Waals surface area contributed by atoms with Crippen molar-refractivity contribution in [1.82, 2.24) is 5.32 Å². The van der Waals surface area contributed by atoms with E-state index in [-0.39, 0.29) is 17.5 Å². The Hall–Kier alpha value is -0.290. The number of rotatable bonds is 7. The van der Waals surface area contributed by atoms with Gasteiger partial charge in [-0.15, -0.1) is 0 Å². The van der Waals surface area contributed by atoms with Crippen LogP contribution in [0.5, 0.6) is 0 Å². The molecule has 0 aliphatic carbocycles. The number of benzene rings is 1. The van der Waals surface area contributed by atoms with Crippen LogP contribution in [0.4, 0.5) is 0 Å². The Morgan fingerprint density at radius 2 is 2.00 bits per heavy atom. The van der Waals surface area contributed by atoms with Crippen LogP contribution in [0.3, 0.4) is 0 Å². The molecule has 0 bridgehead atoms. The average molecular weight is 324 g/mol. The third-order valence-electron chi connectivity index (χ3n) is 2.85. The topological polar surface area (TPSA) is 46.2 Å². The SMILES string of the molecule is CCS(=O)(=O)CC(C)NCCc1ccc(Cl)cc1Cl. The summed E-state index contributed by atoms with van der Waals surface area (Å²) in [6.45, 7) is 4.22. The first-order valence-corrected chi connectivity index (χ1v) is 8.79. The summed E-state index contributed by atoms with van der Waals surface area (Å²) in [6, 6.07) is 5.34. The highest BCUT2D eigenvalue weighted by molar-refractivity contribution is 7.91. The second-order valence-corrected chi connectivity index (χ2v) is 7.78. The van der Waals surface area contributed by atoms with Gasteiger partial charge in [-0.3, -0.25) is 0 Å². The van der Waals surface area contributed by atoms with Gasteiger partial charge in [0, 0.05) is 21.8 Å². The van der Waals surface area contributed by atoms with Gasteiger partial charge in [-0.1, -0.05) is 36.2 Å². The fraction of sp³-hybridized carbons (Fsp3) is 0.538. The van der Waals surface area contributed by atoms with Crippen LogP contribution < -0.4 is 5.32 Å². The summed E-state index contributed by atoms with van der Waals surface area (Å²) in [5.41, 5.74) is 1.00. The second kappa shape index (κ2) is 7.48. The molecule has 19 heavy (non-hydrogen) atoms. The van der Waals surface area contributed by atoms with Crippen LogP contribution in [-0.4, -0.2) is 32.5 Å². The zero-order valence-electron chi connectivity index (χ0n) is 11.1. The monoisotopic (exact) mass is 323 g/mol. The summed E-state index contributed by atoms with van der Waals surface area (Å²) in [5, 5.41) is 4.45. The molecule has 0 aliphatic rings. The Morgan fingerprint density at radius 3 is 2.58 bits per heavy atom. The lowest BCUT2D eigenvalue weighted by molar-refractivity contribution is 0.559. The van der Waals surface area contributed by atoms with Gasteiger partial charge in [0.1, 0.15) is 0 Å². The van der Waals surface area contributed by atoms with Crippen LogP contribution in [0.25, 0.3) is 0 Å². The van der Waals surface area contributed by atoms with E-state index in [9.17, 15) is 8.42 Å². The van der Waals surface area contributed by atoms with E-state index < -0.39 is 9.84 Å². The minimum atomic E-state index is -2.93.